The van der Waals surface area contributed by atoms with Crippen LogP contribution in [0.4, 0.5) is 19.0 Å². The van der Waals surface area contributed by atoms with Crippen LogP contribution in [-0.2, 0) is 22.6 Å². The number of nitrogens with two attached hydrogens (primary N) is 1. The van der Waals surface area contributed by atoms with Crippen LogP contribution in [0.5, 0.6) is 0 Å². The van der Waals surface area contributed by atoms with Gasteiger partial charge in [-0.05, 0) is 61.4 Å². The molecule has 0 saturated carbocycles. The summed E-state index contributed by atoms with van der Waals surface area (Å²) in [6.07, 6.45) is -0.806. The predicted molar refractivity (Wildman–Crippen MR) is 156 cm³/mol. The lowest BCUT2D eigenvalue weighted by molar-refractivity contribution is -0.138. The van der Waals surface area contributed by atoms with Crippen molar-refractivity contribution in [2.45, 2.75) is 45.3 Å². The third-order valence-corrected chi connectivity index (χ3v) is 8.81. The summed E-state index contributed by atoms with van der Waals surface area (Å²) in [7, 11) is -3.38. The molecule has 224 valence electrons. The van der Waals surface area contributed by atoms with Crippen LogP contribution in [0.3, 0.4) is 0 Å². The summed E-state index contributed by atoms with van der Waals surface area (Å²) in [6.45, 7) is 3.88. The molecule has 1 fully saturated rings. The van der Waals surface area contributed by atoms with Crippen molar-refractivity contribution in [2.24, 2.45) is 0 Å². The number of fused-ring (bicyclic) bond motifs is 1. The van der Waals surface area contributed by atoms with E-state index in [1.165, 1.54) is 35.9 Å². The van der Waals surface area contributed by atoms with Crippen molar-refractivity contribution in [1.82, 2.24) is 24.1 Å². The molecule has 4 aromatic rings. The zero-order chi connectivity index (χ0) is 31.1. The van der Waals surface area contributed by atoms with E-state index in [2.05, 4.69) is 26.9 Å². The molecule has 0 unspecified atom stereocenters. The van der Waals surface area contributed by atoms with Gasteiger partial charge in [-0.2, -0.15) is 18.3 Å². The number of nitrogen functional groups attached to an aromatic ring is 1. The Labute approximate surface area is 247 Å². The van der Waals surface area contributed by atoms with Crippen LogP contribution in [0.2, 0.25) is 0 Å². The molecular weight excluding hydrogens is 581 g/mol. The zero-order valence-electron chi connectivity index (χ0n) is 23.7. The number of carbonyl (C=O) groups is 1. The average molecular weight is 611 g/mol. The van der Waals surface area contributed by atoms with Crippen LogP contribution in [0, 0.1) is 25.7 Å². The van der Waals surface area contributed by atoms with E-state index < -0.39 is 27.5 Å². The van der Waals surface area contributed by atoms with E-state index >= 15 is 0 Å². The van der Waals surface area contributed by atoms with Crippen LogP contribution < -0.4 is 5.73 Å². The van der Waals surface area contributed by atoms with Crippen molar-refractivity contribution >= 4 is 32.7 Å². The van der Waals surface area contributed by atoms with Crippen LogP contribution >= 0.6 is 0 Å². The number of aromatic nitrogens is 4. The summed E-state index contributed by atoms with van der Waals surface area (Å²) in [5, 5.41) is 5.13. The summed E-state index contributed by atoms with van der Waals surface area (Å²) in [4.78, 5) is 21.4. The van der Waals surface area contributed by atoms with E-state index in [9.17, 15) is 26.4 Å². The van der Waals surface area contributed by atoms with E-state index in [4.69, 9.17) is 5.73 Å². The van der Waals surface area contributed by atoms with Gasteiger partial charge in [0.2, 0.25) is 10.0 Å². The molecular formula is C30H29F3N6O3S. The number of anilines is 1. The number of benzene rings is 2. The van der Waals surface area contributed by atoms with Crippen molar-refractivity contribution < 1.29 is 26.4 Å². The number of sulfonamides is 1. The largest absolute Gasteiger partial charge is 0.416 e. The van der Waals surface area contributed by atoms with Crippen LogP contribution in [0.15, 0.2) is 42.7 Å². The molecule has 1 aliphatic rings. The molecule has 43 heavy (non-hydrogen) atoms. The zero-order valence-corrected chi connectivity index (χ0v) is 24.6. The van der Waals surface area contributed by atoms with Gasteiger partial charge in [0.15, 0.2) is 11.4 Å². The number of hydrogen-bond acceptors (Lipinski definition) is 7. The fraction of sp³-hybridized carbons (Fsp3) is 0.333. The number of piperidine rings is 1. The minimum absolute atomic E-state index is 0.0178. The fourth-order valence-corrected chi connectivity index (χ4v) is 6.09. The first-order valence-corrected chi connectivity index (χ1v) is 15.3. The highest BCUT2D eigenvalue weighted by Crippen LogP contribution is 2.33. The number of rotatable bonds is 5. The number of carbonyl (C=O) groups excluding carboxylic acids is 1. The number of alkyl halides is 3. The van der Waals surface area contributed by atoms with Gasteiger partial charge in [0.1, 0.15) is 17.8 Å². The monoisotopic (exact) mass is 610 g/mol. The second-order valence-electron chi connectivity index (χ2n) is 10.7. The van der Waals surface area contributed by atoms with Gasteiger partial charge in [0, 0.05) is 30.6 Å². The smallest absolute Gasteiger partial charge is 0.383 e. The van der Waals surface area contributed by atoms with Crippen LogP contribution in [-0.4, -0.2) is 57.6 Å². The first-order chi connectivity index (χ1) is 20.2. The molecule has 1 atom stereocenters. The number of halogens is 3. The van der Waals surface area contributed by atoms with Crippen molar-refractivity contribution in [2.75, 3.05) is 25.1 Å². The van der Waals surface area contributed by atoms with Gasteiger partial charge in [0.05, 0.1) is 23.2 Å². The second-order valence-corrected chi connectivity index (χ2v) is 12.7. The highest BCUT2D eigenvalue weighted by Gasteiger charge is 2.33. The maximum atomic E-state index is 13.4. The quantitative estimate of drug-likeness (QED) is 0.261. The molecule has 3 heterocycles. The molecule has 2 aromatic carbocycles. The van der Waals surface area contributed by atoms with E-state index in [-0.39, 0.29) is 36.0 Å². The summed E-state index contributed by atoms with van der Waals surface area (Å²) in [5.74, 6) is 5.87. The van der Waals surface area contributed by atoms with Gasteiger partial charge >= 0.3 is 6.18 Å². The first kappa shape index (κ1) is 30.2. The highest BCUT2D eigenvalue weighted by molar-refractivity contribution is 7.88. The molecule has 0 aliphatic carbocycles. The van der Waals surface area contributed by atoms with E-state index in [0.29, 0.717) is 47.2 Å². The Hall–Kier alpha value is -4.28. The molecule has 9 nitrogen and oxygen atoms in total. The second kappa shape index (κ2) is 11.4. The number of ketones is 1. The minimum Gasteiger partial charge on any atom is -0.383 e. The van der Waals surface area contributed by atoms with Crippen LogP contribution in [0.25, 0.3) is 11.0 Å². The van der Waals surface area contributed by atoms with E-state index in [1.807, 2.05) is 6.92 Å². The molecule has 0 spiro atoms. The molecule has 0 bridgehead atoms. The Morgan fingerprint density at radius 2 is 1.84 bits per heavy atom. The highest BCUT2D eigenvalue weighted by atomic mass is 32.2. The molecule has 2 aromatic heterocycles. The number of nitrogens with zero attached hydrogens (tertiary/aromatic N) is 5. The Balaban J connectivity index is 1.46. The standard InChI is InChI=1S/C30H29F3N6O3S/c1-18-6-8-20(14-26(40)22-9-7-19(2)24(15-22)30(31,32)33)13-21(18)10-11-25-27-28(34)35-17-36-29(27)39(37-25)23-5-4-12-38(16-23)43(3,41)42/h6-9,13,15,17,23H,4-5,12,14,16H2,1-3H3,(H2,34,35,36)/t23-/m1/s1. The van der Waals surface area contributed by atoms with Crippen molar-refractivity contribution in [1.29, 1.82) is 0 Å². The maximum absolute atomic E-state index is 13.4. The van der Waals surface area contributed by atoms with Gasteiger partial charge in [-0.1, -0.05) is 30.2 Å². The van der Waals surface area contributed by atoms with Gasteiger partial charge in [0.25, 0.3) is 0 Å². The Morgan fingerprint density at radius 1 is 1.09 bits per heavy atom. The SMILES string of the molecule is Cc1ccc(CC(=O)c2ccc(C)c(C(F)(F)F)c2)cc1C#Cc1nn([C@@H]2CCCN(S(C)(=O)=O)C2)c2ncnc(N)c12. The van der Waals surface area contributed by atoms with Crippen LogP contribution in [0.1, 0.15) is 62.8 Å². The Kier molecular flexibility index (Phi) is 8.02. The third kappa shape index (κ3) is 6.40. The van der Waals surface area contributed by atoms with E-state index in [0.717, 1.165) is 11.6 Å². The summed E-state index contributed by atoms with van der Waals surface area (Å²) >= 11 is 0. The molecule has 2 N–H and O–H groups in total. The topological polar surface area (TPSA) is 124 Å². The third-order valence-electron chi connectivity index (χ3n) is 7.54. The summed E-state index contributed by atoms with van der Waals surface area (Å²) in [5.41, 5.74) is 8.18. The number of hydrogen-bond donors (Lipinski definition) is 1. The summed E-state index contributed by atoms with van der Waals surface area (Å²) in [6, 6.07) is 8.57. The lowest BCUT2D eigenvalue weighted by Crippen LogP contribution is -2.40. The summed E-state index contributed by atoms with van der Waals surface area (Å²) < 4.78 is 67.5. The van der Waals surface area contributed by atoms with Gasteiger partial charge in [-0.15, -0.1) is 0 Å². The maximum Gasteiger partial charge on any atom is 0.416 e. The lowest BCUT2D eigenvalue weighted by atomic mass is 9.96. The molecule has 5 rings (SSSR count). The minimum atomic E-state index is -4.55. The number of Topliss-reactive ketones (excluding diaryl/α,β-unsaturated/α-hetero) is 1. The molecule has 0 radical (unpaired) electrons. The normalized spacial score (nSPS) is 16.2. The lowest BCUT2D eigenvalue weighted by Gasteiger charge is -2.31. The molecule has 1 saturated heterocycles. The van der Waals surface area contributed by atoms with Gasteiger partial charge < -0.3 is 5.73 Å². The number of aryl methyl sites for hydroxylation is 2. The molecule has 13 heteroatoms. The van der Waals surface area contributed by atoms with E-state index in [1.54, 1.807) is 22.9 Å². The predicted octanol–water partition coefficient (Wildman–Crippen LogP) is 4.47. The van der Waals surface area contributed by atoms with Crippen molar-refractivity contribution in [3.63, 3.8) is 0 Å². The van der Waals surface area contributed by atoms with Gasteiger partial charge in [-0.25, -0.2) is 27.4 Å². The van der Waals surface area contributed by atoms with Crippen molar-refractivity contribution in [3.05, 3.63) is 81.8 Å². The molecule has 1 aliphatic heterocycles. The fourth-order valence-electron chi connectivity index (χ4n) is 5.19. The Bertz CT molecular complexity index is 1910. The average Bonchev–Trinajstić information content (AvgIpc) is 3.32. The first-order valence-electron chi connectivity index (χ1n) is 13.5. The van der Waals surface area contributed by atoms with Gasteiger partial charge in [-0.3, -0.25) is 4.79 Å². The Morgan fingerprint density at radius 3 is 2.56 bits per heavy atom. The molecule has 0 amide bonds. The van der Waals surface area contributed by atoms with Crippen molar-refractivity contribution in [3.8, 4) is 11.8 Å².